The van der Waals surface area contributed by atoms with E-state index in [2.05, 4.69) is 25.7 Å². The fourth-order valence-corrected chi connectivity index (χ4v) is 4.08. The zero-order chi connectivity index (χ0) is 26.9. The molecular formula is C26H24N6O5S. The Morgan fingerprint density at radius 2 is 1.66 bits per heavy atom. The first kappa shape index (κ1) is 26.4. The maximum Gasteiger partial charge on any atom is 0.337 e. The van der Waals surface area contributed by atoms with E-state index in [0.29, 0.717) is 33.7 Å². The third-order valence-corrected chi connectivity index (χ3v) is 6.11. The number of carbonyl (C=O) groups excluding carboxylic acids is 3. The lowest BCUT2D eigenvalue weighted by atomic mass is 10.2. The van der Waals surface area contributed by atoms with Crippen molar-refractivity contribution >= 4 is 40.9 Å². The van der Waals surface area contributed by atoms with Gasteiger partial charge in [-0.2, -0.15) is 0 Å². The highest BCUT2D eigenvalue weighted by Crippen LogP contribution is 2.22. The van der Waals surface area contributed by atoms with Gasteiger partial charge in [0.25, 0.3) is 0 Å². The molecule has 12 heteroatoms. The molecule has 0 aliphatic carbocycles. The predicted octanol–water partition coefficient (Wildman–Crippen LogP) is 3.50. The highest BCUT2D eigenvalue weighted by atomic mass is 32.2. The van der Waals surface area contributed by atoms with Gasteiger partial charge in [-0.3, -0.25) is 14.6 Å². The summed E-state index contributed by atoms with van der Waals surface area (Å²) >= 11 is 1.15. The molecule has 38 heavy (non-hydrogen) atoms. The van der Waals surface area contributed by atoms with E-state index >= 15 is 0 Å². The molecule has 0 atom stereocenters. The number of thioether (sulfide) groups is 1. The van der Waals surface area contributed by atoms with Gasteiger partial charge in [-0.1, -0.05) is 17.8 Å². The molecule has 0 aliphatic rings. The molecule has 0 radical (unpaired) electrons. The van der Waals surface area contributed by atoms with Crippen LogP contribution in [0.2, 0.25) is 0 Å². The topological polar surface area (TPSA) is 137 Å². The number of nitrogens with zero attached hydrogens (tertiary/aromatic N) is 4. The highest BCUT2D eigenvalue weighted by Gasteiger charge is 2.17. The Morgan fingerprint density at radius 1 is 0.921 bits per heavy atom. The molecule has 194 valence electrons. The molecule has 0 unspecified atom stereocenters. The van der Waals surface area contributed by atoms with Crippen molar-refractivity contribution in [3.05, 3.63) is 78.6 Å². The first-order valence-electron chi connectivity index (χ1n) is 11.4. The second-order valence-corrected chi connectivity index (χ2v) is 8.74. The molecular weight excluding hydrogens is 508 g/mol. The van der Waals surface area contributed by atoms with Gasteiger partial charge in [0, 0.05) is 29.3 Å². The Bertz CT molecular complexity index is 1430. The Morgan fingerprint density at radius 3 is 2.37 bits per heavy atom. The van der Waals surface area contributed by atoms with Crippen molar-refractivity contribution in [3.8, 4) is 17.1 Å². The third kappa shape index (κ3) is 6.95. The van der Waals surface area contributed by atoms with Gasteiger partial charge >= 0.3 is 5.97 Å². The summed E-state index contributed by atoms with van der Waals surface area (Å²) < 4.78 is 11.3. The fraction of sp³-hybridized carbons (Fsp3) is 0.154. The molecule has 11 nitrogen and oxygen atoms in total. The lowest BCUT2D eigenvalue weighted by molar-refractivity contribution is -0.117. The molecule has 0 spiro atoms. The average Bonchev–Trinajstić information content (AvgIpc) is 3.34. The molecule has 0 saturated heterocycles. The van der Waals surface area contributed by atoms with Gasteiger partial charge in [0.2, 0.25) is 11.8 Å². The summed E-state index contributed by atoms with van der Waals surface area (Å²) in [6.07, 6.45) is 3.23. The average molecular weight is 533 g/mol. The van der Waals surface area contributed by atoms with Crippen LogP contribution in [-0.4, -0.2) is 57.5 Å². The number of pyridine rings is 1. The van der Waals surface area contributed by atoms with Crippen molar-refractivity contribution in [3.63, 3.8) is 0 Å². The molecule has 2 aromatic heterocycles. The van der Waals surface area contributed by atoms with E-state index in [1.165, 1.54) is 17.9 Å². The molecule has 0 bridgehead atoms. The minimum absolute atomic E-state index is 0.0449. The molecule has 0 fully saturated rings. The van der Waals surface area contributed by atoms with Crippen LogP contribution in [0.3, 0.4) is 0 Å². The van der Waals surface area contributed by atoms with Crippen LogP contribution in [0.4, 0.5) is 11.4 Å². The maximum atomic E-state index is 12.8. The summed E-state index contributed by atoms with van der Waals surface area (Å²) in [5.41, 5.74) is 2.09. The van der Waals surface area contributed by atoms with E-state index in [9.17, 15) is 14.4 Å². The van der Waals surface area contributed by atoms with Crippen molar-refractivity contribution in [2.24, 2.45) is 0 Å². The van der Waals surface area contributed by atoms with E-state index in [1.807, 2.05) is 0 Å². The fourth-order valence-electron chi connectivity index (χ4n) is 3.34. The smallest absolute Gasteiger partial charge is 0.337 e. The van der Waals surface area contributed by atoms with E-state index in [-0.39, 0.29) is 24.1 Å². The SMILES string of the molecule is COC(=O)c1cccc(NC(=O)Cn2nc(-c3ccncc3)nc2SCC(=O)Nc2ccc(OC)cc2)c1. The van der Waals surface area contributed by atoms with Gasteiger partial charge in [-0.25, -0.2) is 14.5 Å². The number of carbonyl (C=O) groups is 3. The number of anilines is 2. The van der Waals surface area contributed by atoms with Gasteiger partial charge in [-0.15, -0.1) is 5.10 Å². The lowest BCUT2D eigenvalue weighted by Crippen LogP contribution is -2.21. The van der Waals surface area contributed by atoms with Gasteiger partial charge < -0.3 is 20.1 Å². The van der Waals surface area contributed by atoms with Crippen molar-refractivity contribution in [2.45, 2.75) is 11.7 Å². The van der Waals surface area contributed by atoms with Crippen LogP contribution in [0.15, 0.2) is 78.2 Å². The van der Waals surface area contributed by atoms with E-state index < -0.39 is 5.97 Å². The number of benzene rings is 2. The number of ether oxygens (including phenoxy) is 2. The summed E-state index contributed by atoms with van der Waals surface area (Å²) in [6, 6.07) is 16.9. The van der Waals surface area contributed by atoms with Crippen LogP contribution in [0.25, 0.3) is 11.4 Å². The summed E-state index contributed by atoms with van der Waals surface area (Å²) in [7, 11) is 2.86. The van der Waals surface area contributed by atoms with Crippen molar-refractivity contribution in [1.29, 1.82) is 0 Å². The monoisotopic (exact) mass is 532 g/mol. The summed E-state index contributed by atoms with van der Waals surface area (Å²) in [6.45, 7) is -0.164. The van der Waals surface area contributed by atoms with Crippen molar-refractivity contribution < 1.29 is 23.9 Å². The molecule has 0 saturated carbocycles. The van der Waals surface area contributed by atoms with Crippen LogP contribution in [-0.2, 0) is 20.9 Å². The number of methoxy groups -OCH3 is 2. The number of hydrogen-bond acceptors (Lipinski definition) is 9. The minimum Gasteiger partial charge on any atom is -0.497 e. The van der Waals surface area contributed by atoms with Crippen LogP contribution >= 0.6 is 11.8 Å². The maximum absolute atomic E-state index is 12.8. The van der Waals surface area contributed by atoms with Crippen LogP contribution in [0.1, 0.15) is 10.4 Å². The minimum atomic E-state index is -0.508. The first-order valence-corrected chi connectivity index (χ1v) is 12.3. The zero-order valence-corrected chi connectivity index (χ0v) is 21.4. The number of aromatic nitrogens is 4. The largest absolute Gasteiger partial charge is 0.497 e. The third-order valence-electron chi connectivity index (χ3n) is 5.14. The normalized spacial score (nSPS) is 10.5. The summed E-state index contributed by atoms with van der Waals surface area (Å²) in [4.78, 5) is 45.7. The number of hydrogen-bond donors (Lipinski definition) is 2. The van der Waals surface area contributed by atoms with Gasteiger partial charge in [0.05, 0.1) is 25.5 Å². The van der Waals surface area contributed by atoms with Gasteiger partial charge in [-0.05, 0) is 54.6 Å². The van der Waals surface area contributed by atoms with Crippen LogP contribution in [0, 0.1) is 0 Å². The van der Waals surface area contributed by atoms with Gasteiger partial charge in [0.15, 0.2) is 11.0 Å². The molecule has 2 N–H and O–H groups in total. The van der Waals surface area contributed by atoms with Gasteiger partial charge in [0.1, 0.15) is 12.3 Å². The number of esters is 1. The van der Waals surface area contributed by atoms with E-state index in [4.69, 9.17) is 9.47 Å². The molecule has 2 heterocycles. The molecule has 0 aliphatic heterocycles. The standard InChI is InChI=1S/C26H24N6O5S/c1-36-21-8-6-19(7-9-21)28-23(34)16-38-26-30-24(17-10-12-27-13-11-17)31-32(26)15-22(33)29-20-5-3-4-18(14-20)25(35)37-2/h3-14H,15-16H2,1-2H3,(H,28,34)(H,29,33). The number of rotatable bonds is 10. The first-order chi connectivity index (χ1) is 18.4. The Kier molecular flexibility index (Phi) is 8.67. The molecule has 2 amide bonds. The second-order valence-electron chi connectivity index (χ2n) is 7.80. The van der Waals surface area contributed by atoms with Crippen molar-refractivity contribution in [1.82, 2.24) is 19.7 Å². The molecule has 4 aromatic rings. The Labute approximate surface area is 222 Å². The lowest BCUT2D eigenvalue weighted by Gasteiger charge is -2.09. The predicted molar refractivity (Wildman–Crippen MR) is 142 cm³/mol. The highest BCUT2D eigenvalue weighted by molar-refractivity contribution is 7.99. The number of amides is 2. The Balaban J connectivity index is 1.47. The number of nitrogens with one attached hydrogen (secondary N) is 2. The zero-order valence-electron chi connectivity index (χ0n) is 20.6. The molecule has 4 rings (SSSR count). The van der Waals surface area contributed by atoms with Crippen LogP contribution < -0.4 is 15.4 Å². The Hall–Kier alpha value is -4.71. The van der Waals surface area contributed by atoms with E-state index in [0.717, 1.165) is 17.3 Å². The summed E-state index contributed by atoms with van der Waals surface area (Å²) in [5, 5.41) is 10.4. The van der Waals surface area contributed by atoms with Crippen LogP contribution in [0.5, 0.6) is 5.75 Å². The van der Waals surface area contributed by atoms with E-state index in [1.54, 1.807) is 74.1 Å². The quantitative estimate of drug-likeness (QED) is 0.232. The van der Waals surface area contributed by atoms with Crippen molar-refractivity contribution in [2.75, 3.05) is 30.6 Å². The second kappa shape index (κ2) is 12.5. The summed E-state index contributed by atoms with van der Waals surface area (Å²) in [5.74, 6) is -0.0168. The molecule has 2 aromatic carbocycles.